The van der Waals surface area contributed by atoms with E-state index in [2.05, 4.69) is 26.6 Å². The summed E-state index contributed by atoms with van der Waals surface area (Å²) in [6, 6.07) is 12.7. The highest BCUT2D eigenvalue weighted by atomic mass is 79.9. The number of nitrogens with one attached hydrogen (secondary N) is 2. The summed E-state index contributed by atoms with van der Waals surface area (Å²) < 4.78 is 6.53. The number of aryl methyl sites for hydroxylation is 1. The first-order valence-corrected chi connectivity index (χ1v) is 9.20. The van der Waals surface area contributed by atoms with E-state index in [4.69, 9.17) is 4.74 Å². The normalized spacial score (nSPS) is 11.8. The maximum absolute atomic E-state index is 12.3. The van der Waals surface area contributed by atoms with Crippen molar-refractivity contribution in [3.8, 4) is 5.75 Å². The minimum atomic E-state index is -0.658. The Morgan fingerprint density at radius 2 is 1.46 bits per heavy atom. The van der Waals surface area contributed by atoms with Crippen molar-refractivity contribution in [2.45, 2.75) is 33.8 Å². The maximum Gasteiger partial charge on any atom is 0.265 e. The van der Waals surface area contributed by atoms with Gasteiger partial charge in [0.05, 0.1) is 4.47 Å². The van der Waals surface area contributed by atoms with Crippen molar-refractivity contribution < 1.29 is 14.3 Å². The molecule has 0 fully saturated rings. The molecule has 0 spiro atoms. The first-order chi connectivity index (χ1) is 12.3. The second-order valence-electron chi connectivity index (χ2n) is 6.40. The lowest BCUT2D eigenvalue weighted by molar-refractivity contribution is -0.122. The smallest absolute Gasteiger partial charge is 0.265 e. The maximum atomic E-state index is 12.3. The van der Waals surface area contributed by atoms with Crippen LogP contribution in [0.5, 0.6) is 5.75 Å². The molecule has 1 atom stereocenters. The number of carbonyl (C=O) groups is 2. The Bertz CT molecular complexity index is 788. The standard InChI is InChI=1S/C20H23BrN2O3/c1-12(2)19(24)22-15-6-8-16(9-7-15)23-20(25)14(4)26-18-10-5-13(3)11-17(18)21/h5-12,14H,1-4H3,(H,22,24)(H,23,25)/t14-/m1/s1. The minimum absolute atomic E-state index is 0.0486. The zero-order valence-electron chi connectivity index (χ0n) is 15.3. The molecule has 0 saturated heterocycles. The lowest BCUT2D eigenvalue weighted by Gasteiger charge is -2.16. The highest BCUT2D eigenvalue weighted by Crippen LogP contribution is 2.27. The van der Waals surface area contributed by atoms with Gasteiger partial charge >= 0.3 is 0 Å². The Hall–Kier alpha value is -2.34. The molecule has 26 heavy (non-hydrogen) atoms. The van der Waals surface area contributed by atoms with E-state index in [-0.39, 0.29) is 17.7 Å². The lowest BCUT2D eigenvalue weighted by atomic mass is 10.2. The van der Waals surface area contributed by atoms with Crippen molar-refractivity contribution >= 4 is 39.1 Å². The van der Waals surface area contributed by atoms with Gasteiger partial charge in [-0.25, -0.2) is 0 Å². The quantitative estimate of drug-likeness (QED) is 0.710. The van der Waals surface area contributed by atoms with Crippen LogP contribution in [0.15, 0.2) is 46.9 Å². The van der Waals surface area contributed by atoms with Gasteiger partial charge in [-0.3, -0.25) is 9.59 Å². The number of carbonyl (C=O) groups excluding carboxylic acids is 2. The molecule has 2 aromatic carbocycles. The van der Waals surface area contributed by atoms with Gasteiger partial charge in [-0.1, -0.05) is 19.9 Å². The van der Waals surface area contributed by atoms with E-state index in [1.165, 1.54) is 0 Å². The third-order valence-electron chi connectivity index (χ3n) is 3.70. The number of benzene rings is 2. The third kappa shape index (κ3) is 5.59. The first kappa shape index (κ1) is 20.0. The van der Waals surface area contributed by atoms with Crippen molar-refractivity contribution in [1.29, 1.82) is 0 Å². The van der Waals surface area contributed by atoms with Gasteiger partial charge in [0.25, 0.3) is 5.91 Å². The fourth-order valence-corrected chi connectivity index (χ4v) is 2.70. The molecule has 2 aromatic rings. The summed E-state index contributed by atoms with van der Waals surface area (Å²) in [7, 11) is 0. The van der Waals surface area contributed by atoms with E-state index in [1.807, 2.05) is 39.0 Å². The molecule has 0 aliphatic rings. The van der Waals surface area contributed by atoms with Crippen molar-refractivity contribution in [3.05, 3.63) is 52.5 Å². The minimum Gasteiger partial charge on any atom is -0.480 e. The zero-order chi connectivity index (χ0) is 19.3. The van der Waals surface area contributed by atoms with Crippen molar-refractivity contribution in [2.75, 3.05) is 10.6 Å². The van der Waals surface area contributed by atoms with Crippen LogP contribution in [0.4, 0.5) is 11.4 Å². The van der Waals surface area contributed by atoms with Gasteiger partial charge < -0.3 is 15.4 Å². The number of rotatable bonds is 6. The molecular formula is C20H23BrN2O3. The number of hydrogen-bond donors (Lipinski definition) is 2. The molecule has 0 aliphatic heterocycles. The summed E-state index contributed by atoms with van der Waals surface area (Å²) in [5, 5.41) is 5.61. The van der Waals surface area contributed by atoms with Crippen molar-refractivity contribution in [3.63, 3.8) is 0 Å². The van der Waals surface area contributed by atoms with Crippen LogP contribution in [0.25, 0.3) is 0 Å². The molecule has 0 saturated carbocycles. The van der Waals surface area contributed by atoms with Gasteiger partial charge in [-0.15, -0.1) is 0 Å². The van der Waals surface area contributed by atoms with Crippen LogP contribution in [0.3, 0.4) is 0 Å². The summed E-state index contributed by atoms with van der Waals surface area (Å²) in [5.74, 6) is 0.224. The molecule has 2 amide bonds. The van der Waals surface area contributed by atoms with Crippen LogP contribution in [0.1, 0.15) is 26.3 Å². The molecule has 2 N–H and O–H groups in total. The second kappa shape index (κ2) is 8.85. The van der Waals surface area contributed by atoms with Crippen LogP contribution >= 0.6 is 15.9 Å². The summed E-state index contributed by atoms with van der Waals surface area (Å²) in [6.07, 6.45) is -0.658. The Morgan fingerprint density at radius 1 is 0.923 bits per heavy atom. The Labute approximate surface area is 162 Å². The molecule has 0 unspecified atom stereocenters. The predicted octanol–water partition coefficient (Wildman–Crippen LogP) is 4.76. The van der Waals surface area contributed by atoms with E-state index < -0.39 is 6.10 Å². The molecule has 6 heteroatoms. The topological polar surface area (TPSA) is 67.4 Å². The van der Waals surface area contributed by atoms with Gasteiger partial charge in [0, 0.05) is 17.3 Å². The molecule has 2 rings (SSSR count). The van der Waals surface area contributed by atoms with E-state index in [1.54, 1.807) is 31.2 Å². The second-order valence-corrected chi connectivity index (χ2v) is 7.26. The fraction of sp³-hybridized carbons (Fsp3) is 0.300. The van der Waals surface area contributed by atoms with Crippen LogP contribution in [-0.2, 0) is 9.59 Å². The fourth-order valence-electron chi connectivity index (χ4n) is 2.11. The Balaban J connectivity index is 1.95. The predicted molar refractivity (Wildman–Crippen MR) is 108 cm³/mol. The largest absolute Gasteiger partial charge is 0.480 e. The summed E-state index contributed by atoms with van der Waals surface area (Å²) >= 11 is 3.44. The van der Waals surface area contributed by atoms with E-state index in [0.717, 1.165) is 10.0 Å². The number of halogens is 1. The van der Waals surface area contributed by atoms with Crippen molar-refractivity contribution in [2.24, 2.45) is 5.92 Å². The molecule has 5 nitrogen and oxygen atoms in total. The number of anilines is 2. The number of hydrogen-bond acceptors (Lipinski definition) is 3. The SMILES string of the molecule is Cc1ccc(O[C@H](C)C(=O)Nc2ccc(NC(=O)C(C)C)cc2)c(Br)c1. The van der Waals surface area contributed by atoms with E-state index in [0.29, 0.717) is 17.1 Å². The van der Waals surface area contributed by atoms with Gasteiger partial charge in [0.15, 0.2) is 6.10 Å². The lowest BCUT2D eigenvalue weighted by Crippen LogP contribution is -2.30. The van der Waals surface area contributed by atoms with Crippen molar-refractivity contribution in [1.82, 2.24) is 0 Å². The molecule has 0 aliphatic carbocycles. The molecule has 0 aromatic heterocycles. The number of amides is 2. The van der Waals surface area contributed by atoms with E-state index in [9.17, 15) is 9.59 Å². The molecular weight excluding hydrogens is 396 g/mol. The molecule has 0 radical (unpaired) electrons. The van der Waals surface area contributed by atoms with Crippen LogP contribution in [-0.4, -0.2) is 17.9 Å². The molecule has 0 bridgehead atoms. The monoisotopic (exact) mass is 418 g/mol. The first-order valence-electron chi connectivity index (χ1n) is 8.41. The van der Waals surface area contributed by atoms with Gasteiger partial charge in [-0.2, -0.15) is 0 Å². The highest BCUT2D eigenvalue weighted by Gasteiger charge is 2.16. The third-order valence-corrected chi connectivity index (χ3v) is 4.32. The average Bonchev–Trinajstić information content (AvgIpc) is 2.58. The summed E-state index contributed by atoms with van der Waals surface area (Å²) in [4.78, 5) is 24.0. The number of ether oxygens (including phenoxy) is 1. The van der Waals surface area contributed by atoms with Crippen LogP contribution in [0.2, 0.25) is 0 Å². The van der Waals surface area contributed by atoms with Crippen LogP contribution < -0.4 is 15.4 Å². The van der Waals surface area contributed by atoms with Gasteiger partial charge in [0.2, 0.25) is 5.91 Å². The van der Waals surface area contributed by atoms with E-state index >= 15 is 0 Å². The average molecular weight is 419 g/mol. The summed E-state index contributed by atoms with van der Waals surface area (Å²) in [6.45, 7) is 7.34. The summed E-state index contributed by atoms with van der Waals surface area (Å²) in [5.41, 5.74) is 2.43. The molecule has 138 valence electrons. The molecule has 0 heterocycles. The zero-order valence-corrected chi connectivity index (χ0v) is 16.9. The Morgan fingerprint density at radius 3 is 1.96 bits per heavy atom. The highest BCUT2D eigenvalue weighted by molar-refractivity contribution is 9.10. The Kier molecular flexibility index (Phi) is 6.80. The van der Waals surface area contributed by atoms with Gasteiger partial charge in [-0.05, 0) is 71.7 Å². The van der Waals surface area contributed by atoms with Crippen LogP contribution in [0, 0.1) is 12.8 Å². The van der Waals surface area contributed by atoms with Gasteiger partial charge in [0.1, 0.15) is 5.75 Å².